The van der Waals surface area contributed by atoms with Crippen LogP contribution in [0.15, 0.2) is 11.4 Å². The largest absolute Gasteiger partial charge is 0.385 e. The lowest BCUT2D eigenvalue weighted by atomic mass is 10.0. The zero-order valence-corrected chi connectivity index (χ0v) is 12.3. The van der Waals surface area contributed by atoms with E-state index in [-0.39, 0.29) is 0 Å². The van der Waals surface area contributed by atoms with Crippen molar-refractivity contribution in [2.24, 2.45) is 11.3 Å². The summed E-state index contributed by atoms with van der Waals surface area (Å²) in [5.41, 5.74) is 2.90. The number of nitrogens with zero attached hydrogens (tertiary/aromatic N) is 2. The molecule has 0 saturated heterocycles. The summed E-state index contributed by atoms with van der Waals surface area (Å²) in [6.07, 6.45) is 3.60. The SMILES string of the molecule is COCCC1(CNc2nc(NN)nc3sccc23)CC1. The van der Waals surface area contributed by atoms with Gasteiger partial charge in [-0.1, -0.05) is 0 Å². The summed E-state index contributed by atoms with van der Waals surface area (Å²) in [6, 6.07) is 2.04. The van der Waals surface area contributed by atoms with Gasteiger partial charge >= 0.3 is 0 Å². The van der Waals surface area contributed by atoms with Crippen molar-refractivity contribution < 1.29 is 4.74 Å². The Morgan fingerprint density at radius 2 is 2.30 bits per heavy atom. The molecule has 1 fully saturated rings. The molecule has 0 bridgehead atoms. The number of hydrogen-bond donors (Lipinski definition) is 3. The molecular weight excluding hydrogens is 274 g/mol. The van der Waals surface area contributed by atoms with Crippen LogP contribution in [-0.4, -0.2) is 30.2 Å². The fourth-order valence-electron chi connectivity index (χ4n) is 2.34. The van der Waals surface area contributed by atoms with Gasteiger partial charge in [0, 0.05) is 20.3 Å². The van der Waals surface area contributed by atoms with Gasteiger partial charge in [0.15, 0.2) is 0 Å². The minimum atomic E-state index is 0.375. The molecule has 0 aromatic carbocycles. The van der Waals surface area contributed by atoms with Crippen LogP contribution in [0.1, 0.15) is 19.3 Å². The van der Waals surface area contributed by atoms with Crippen molar-refractivity contribution >= 4 is 33.3 Å². The Kier molecular flexibility index (Phi) is 3.73. The van der Waals surface area contributed by atoms with Gasteiger partial charge in [0.2, 0.25) is 5.95 Å². The molecular formula is C13H19N5OS. The molecule has 0 amide bonds. The molecule has 2 heterocycles. The van der Waals surface area contributed by atoms with Crippen molar-refractivity contribution in [3.63, 3.8) is 0 Å². The van der Waals surface area contributed by atoms with Gasteiger partial charge in [0.05, 0.1) is 5.39 Å². The molecule has 0 radical (unpaired) electrons. The van der Waals surface area contributed by atoms with Crippen molar-refractivity contribution in [1.29, 1.82) is 0 Å². The van der Waals surface area contributed by atoms with E-state index in [2.05, 4.69) is 20.7 Å². The number of ether oxygens (including phenoxy) is 1. The van der Waals surface area contributed by atoms with Crippen molar-refractivity contribution in [3.05, 3.63) is 11.4 Å². The Bertz CT molecular complexity index is 595. The molecule has 4 N–H and O–H groups in total. The lowest BCUT2D eigenvalue weighted by molar-refractivity contribution is 0.175. The maximum atomic E-state index is 5.42. The number of methoxy groups -OCH3 is 1. The van der Waals surface area contributed by atoms with Crippen LogP contribution in [0.25, 0.3) is 10.2 Å². The predicted octanol–water partition coefficient (Wildman–Crippen LogP) is 2.21. The molecule has 6 nitrogen and oxygen atoms in total. The highest BCUT2D eigenvalue weighted by molar-refractivity contribution is 7.16. The Labute approximate surface area is 121 Å². The van der Waals surface area contributed by atoms with E-state index in [1.807, 2.05) is 11.4 Å². The monoisotopic (exact) mass is 293 g/mol. The molecule has 3 rings (SSSR count). The van der Waals surface area contributed by atoms with E-state index in [4.69, 9.17) is 10.6 Å². The first-order valence-corrected chi connectivity index (χ1v) is 7.59. The molecule has 1 aliphatic rings. The van der Waals surface area contributed by atoms with Crippen LogP contribution in [0.2, 0.25) is 0 Å². The first kappa shape index (κ1) is 13.5. The minimum absolute atomic E-state index is 0.375. The molecule has 2 aromatic rings. The standard InChI is InChI=1S/C13H19N5OS/c1-19-6-5-13(3-4-13)8-15-10-9-2-7-20-11(9)17-12(16-10)18-14/h2,7H,3-6,8,14H2,1H3,(H2,15,16,17,18). The van der Waals surface area contributed by atoms with E-state index in [0.29, 0.717) is 11.4 Å². The zero-order valence-electron chi connectivity index (χ0n) is 11.5. The van der Waals surface area contributed by atoms with E-state index in [1.54, 1.807) is 18.4 Å². The van der Waals surface area contributed by atoms with Crippen molar-refractivity contribution in [2.45, 2.75) is 19.3 Å². The summed E-state index contributed by atoms with van der Waals surface area (Å²) in [7, 11) is 1.75. The van der Waals surface area contributed by atoms with Crippen molar-refractivity contribution in [2.75, 3.05) is 31.0 Å². The second kappa shape index (κ2) is 5.51. The number of nitrogens with one attached hydrogen (secondary N) is 2. The molecule has 7 heteroatoms. The summed E-state index contributed by atoms with van der Waals surface area (Å²) in [6.45, 7) is 1.73. The number of nitrogen functional groups attached to an aromatic ring is 1. The Morgan fingerprint density at radius 1 is 1.45 bits per heavy atom. The highest BCUT2D eigenvalue weighted by Gasteiger charge is 2.41. The number of anilines is 2. The first-order valence-electron chi connectivity index (χ1n) is 6.71. The molecule has 2 aromatic heterocycles. The minimum Gasteiger partial charge on any atom is -0.385 e. The van der Waals surface area contributed by atoms with Crippen LogP contribution in [0.3, 0.4) is 0 Å². The third kappa shape index (κ3) is 2.70. The fourth-order valence-corrected chi connectivity index (χ4v) is 3.10. The van der Waals surface area contributed by atoms with Gasteiger partial charge in [-0.15, -0.1) is 11.3 Å². The highest BCUT2D eigenvalue weighted by atomic mass is 32.1. The molecule has 20 heavy (non-hydrogen) atoms. The third-order valence-electron chi connectivity index (χ3n) is 3.88. The summed E-state index contributed by atoms with van der Waals surface area (Å²) < 4.78 is 5.19. The highest BCUT2D eigenvalue weighted by Crippen LogP contribution is 2.48. The smallest absolute Gasteiger partial charge is 0.240 e. The molecule has 0 unspecified atom stereocenters. The number of fused-ring (bicyclic) bond motifs is 1. The molecule has 1 aliphatic carbocycles. The van der Waals surface area contributed by atoms with Crippen molar-refractivity contribution in [3.8, 4) is 0 Å². The van der Waals surface area contributed by atoms with Gasteiger partial charge < -0.3 is 10.1 Å². The zero-order chi connectivity index (χ0) is 14.0. The van der Waals surface area contributed by atoms with Crippen LogP contribution in [-0.2, 0) is 4.74 Å². The lowest BCUT2D eigenvalue weighted by Gasteiger charge is -2.16. The van der Waals surface area contributed by atoms with Gasteiger partial charge in [-0.05, 0) is 36.1 Å². The number of aromatic nitrogens is 2. The molecule has 0 atom stereocenters. The van der Waals surface area contributed by atoms with Gasteiger partial charge in [-0.3, -0.25) is 5.43 Å². The van der Waals surface area contributed by atoms with Crippen LogP contribution >= 0.6 is 11.3 Å². The molecule has 0 aliphatic heterocycles. The van der Waals surface area contributed by atoms with E-state index >= 15 is 0 Å². The normalized spacial score (nSPS) is 16.3. The van der Waals surface area contributed by atoms with E-state index in [0.717, 1.165) is 35.6 Å². The lowest BCUT2D eigenvalue weighted by Crippen LogP contribution is -2.19. The Balaban J connectivity index is 1.75. The maximum Gasteiger partial charge on any atom is 0.240 e. The van der Waals surface area contributed by atoms with Crippen molar-refractivity contribution in [1.82, 2.24) is 9.97 Å². The number of nitrogens with two attached hydrogens (primary N) is 1. The average Bonchev–Trinajstić information content (AvgIpc) is 3.09. The predicted molar refractivity (Wildman–Crippen MR) is 81.9 cm³/mol. The average molecular weight is 293 g/mol. The summed E-state index contributed by atoms with van der Waals surface area (Å²) in [4.78, 5) is 9.70. The number of thiophene rings is 1. The fraction of sp³-hybridized carbons (Fsp3) is 0.538. The van der Waals surface area contributed by atoms with Crippen LogP contribution in [0.4, 0.5) is 11.8 Å². The number of rotatable bonds is 7. The quantitative estimate of drug-likeness (QED) is 0.536. The van der Waals surface area contributed by atoms with Crippen LogP contribution in [0, 0.1) is 5.41 Å². The van der Waals surface area contributed by atoms with Gasteiger partial charge in [-0.25, -0.2) is 10.8 Å². The topological polar surface area (TPSA) is 85.1 Å². The molecule has 108 valence electrons. The second-order valence-electron chi connectivity index (χ2n) is 5.28. The molecule has 1 saturated carbocycles. The Hall–Kier alpha value is -1.44. The first-order chi connectivity index (χ1) is 9.76. The van der Waals surface area contributed by atoms with E-state index in [9.17, 15) is 0 Å². The van der Waals surface area contributed by atoms with E-state index < -0.39 is 0 Å². The van der Waals surface area contributed by atoms with Crippen LogP contribution < -0.4 is 16.6 Å². The van der Waals surface area contributed by atoms with Gasteiger partial charge in [-0.2, -0.15) is 4.98 Å². The number of hydrogen-bond acceptors (Lipinski definition) is 7. The Morgan fingerprint density at radius 3 is 3.00 bits per heavy atom. The van der Waals surface area contributed by atoms with Gasteiger partial charge in [0.1, 0.15) is 10.6 Å². The van der Waals surface area contributed by atoms with E-state index in [1.165, 1.54) is 12.8 Å². The summed E-state index contributed by atoms with van der Waals surface area (Å²) in [5, 5.41) is 6.53. The summed E-state index contributed by atoms with van der Waals surface area (Å²) in [5.74, 6) is 6.73. The third-order valence-corrected chi connectivity index (χ3v) is 4.69. The number of hydrazine groups is 1. The van der Waals surface area contributed by atoms with Crippen LogP contribution in [0.5, 0.6) is 0 Å². The second-order valence-corrected chi connectivity index (χ2v) is 6.17. The summed E-state index contributed by atoms with van der Waals surface area (Å²) >= 11 is 1.59. The molecule has 0 spiro atoms. The van der Waals surface area contributed by atoms with Gasteiger partial charge in [0.25, 0.3) is 0 Å². The maximum absolute atomic E-state index is 5.42.